The van der Waals surface area contributed by atoms with E-state index in [9.17, 15) is 9.59 Å². The van der Waals surface area contributed by atoms with E-state index in [0.717, 1.165) is 5.56 Å². The number of benzene rings is 1. The SMILES string of the molecule is CCNC(=O)N1CCN(C(=O)c2sc(-c3ccco3)nc2-c2ccccc2)CC1. The van der Waals surface area contributed by atoms with E-state index < -0.39 is 0 Å². The van der Waals surface area contributed by atoms with Crippen molar-refractivity contribution in [3.05, 3.63) is 53.6 Å². The minimum atomic E-state index is -0.0810. The molecular formula is C21H22N4O3S. The molecule has 29 heavy (non-hydrogen) atoms. The van der Waals surface area contributed by atoms with Crippen molar-refractivity contribution in [2.45, 2.75) is 6.92 Å². The Kier molecular flexibility index (Phi) is 5.62. The van der Waals surface area contributed by atoms with Crippen LogP contribution in [0, 0.1) is 0 Å². The molecular weight excluding hydrogens is 388 g/mol. The monoisotopic (exact) mass is 410 g/mol. The Hall–Kier alpha value is -3.13. The number of thiazole rings is 1. The van der Waals surface area contributed by atoms with Crippen LogP contribution in [0.5, 0.6) is 0 Å². The predicted octanol–water partition coefficient (Wildman–Crippen LogP) is 3.56. The standard InChI is InChI=1S/C21H22N4O3S/c1-2-22-21(27)25-12-10-24(11-13-25)20(26)18-17(15-7-4-3-5-8-15)23-19(29-18)16-9-6-14-28-16/h3-9,14H,2,10-13H2,1H3,(H,22,27). The number of piperazine rings is 1. The van der Waals surface area contributed by atoms with Gasteiger partial charge in [0.2, 0.25) is 0 Å². The number of rotatable bonds is 4. The van der Waals surface area contributed by atoms with Gasteiger partial charge < -0.3 is 19.5 Å². The lowest BCUT2D eigenvalue weighted by Gasteiger charge is -2.34. The summed E-state index contributed by atoms with van der Waals surface area (Å²) in [5.74, 6) is 0.585. The molecule has 1 fully saturated rings. The van der Waals surface area contributed by atoms with Crippen LogP contribution in [0.1, 0.15) is 16.6 Å². The van der Waals surface area contributed by atoms with Gasteiger partial charge >= 0.3 is 6.03 Å². The highest BCUT2D eigenvalue weighted by atomic mass is 32.1. The first-order valence-electron chi connectivity index (χ1n) is 9.59. The molecule has 8 heteroatoms. The fourth-order valence-electron chi connectivity index (χ4n) is 3.28. The largest absolute Gasteiger partial charge is 0.462 e. The maximum absolute atomic E-state index is 13.3. The van der Waals surface area contributed by atoms with Crippen molar-refractivity contribution in [1.29, 1.82) is 0 Å². The quantitative estimate of drug-likeness (QED) is 0.713. The van der Waals surface area contributed by atoms with Crippen LogP contribution in [0.4, 0.5) is 4.79 Å². The summed E-state index contributed by atoms with van der Waals surface area (Å²) in [7, 11) is 0. The molecule has 0 radical (unpaired) electrons. The number of carbonyl (C=O) groups is 2. The van der Waals surface area contributed by atoms with E-state index in [1.54, 1.807) is 22.1 Å². The van der Waals surface area contributed by atoms with Gasteiger partial charge in [0, 0.05) is 38.3 Å². The van der Waals surface area contributed by atoms with E-state index in [2.05, 4.69) is 5.32 Å². The number of carbonyl (C=O) groups excluding carboxylic acids is 2. The lowest BCUT2D eigenvalue weighted by Crippen LogP contribution is -2.53. The second-order valence-corrected chi connectivity index (χ2v) is 7.65. The van der Waals surface area contributed by atoms with Gasteiger partial charge in [-0.15, -0.1) is 11.3 Å². The number of hydrogen-bond acceptors (Lipinski definition) is 5. The van der Waals surface area contributed by atoms with E-state index in [0.29, 0.717) is 54.1 Å². The second kappa shape index (κ2) is 8.48. The number of furan rings is 1. The Bertz CT molecular complexity index is 977. The molecule has 150 valence electrons. The fraction of sp³-hybridized carbons (Fsp3) is 0.286. The van der Waals surface area contributed by atoms with Crippen LogP contribution in [0.2, 0.25) is 0 Å². The highest BCUT2D eigenvalue weighted by Gasteiger charge is 2.29. The summed E-state index contributed by atoms with van der Waals surface area (Å²) in [6, 6.07) is 13.3. The van der Waals surface area contributed by atoms with Gasteiger partial charge in [-0.3, -0.25) is 4.79 Å². The number of nitrogens with zero attached hydrogens (tertiary/aromatic N) is 3. The lowest BCUT2D eigenvalue weighted by molar-refractivity contribution is 0.0670. The van der Waals surface area contributed by atoms with Crippen LogP contribution < -0.4 is 5.32 Å². The molecule has 4 rings (SSSR count). The zero-order valence-corrected chi connectivity index (χ0v) is 16.9. The maximum Gasteiger partial charge on any atom is 0.317 e. The molecule has 3 heterocycles. The molecule has 0 saturated carbocycles. The number of aromatic nitrogens is 1. The first kappa shape index (κ1) is 19.2. The zero-order chi connectivity index (χ0) is 20.2. The second-order valence-electron chi connectivity index (χ2n) is 6.65. The number of amides is 3. The third-order valence-corrected chi connectivity index (χ3v) is 5.84. The summed E-state index contributed by atoms with van der Waals surface area (Å²) in [6.45, 7) is 4.51. The van der Waals surface area contributed by atoms with Crippen LogP contribution in [0.25, 0.3) is 22.0 Å². The molecule has 2 aromatic heterocycles. The first-order chi connectivity index (χ1) is 14.2. The summed E-state index contributed by atoms with van der Waals surface area (Å²) >= 11 is 1.34. The minimum Gasteiger partial charge on any atom is -0.462 e. The molecule has 1 aliphatic rings. The van der Waals surface area contributed by atoms with Crippen molar-refractivity contribution in [3.63, 3.8) is 0 Å². The van der Waals surface area contributed by atoms with Crippen LogP contribution in [-0.2, 0) is 0 Å². The molecule has 1 N–H and O–H groups in total. The van der Waals surface area contributed by atoms with Crippen molar-refractivity contribution < 1.29 is 14.0 Å². The number of urea groups is 1. The average Bonchev–Trinajstić information content (AvgIpc) is 3.44. The molecule has 0 bridgehead atoms. The summed E-state index contributed by atoms with van der Waals surface area (Å²) in [5, 5.41) is 3.48. The maximum atomic E-state index is 13.3. The Morgan fingerprint density at radius 2 is 1.79 bits per heavy atom. The molecule has 3 amide bonds. The van der Waals surface area contributed by atoms with E-state index in [4.69, 9.17) is 9.40 Å². The van der Waals surface area contributed by atoms with Crippen LogP contribution in [0.15, 0.2) is 53.1 Å². The summed E-state index contributed by atoms with van der Waals surface area (Å²) < 4.78 is 5.48. The Labute approximate surface area is 173 Å². The fourth-order valence-corrected chi connectivity index (χ4v) is 4.31. The number of nitrogens with one attached hydrogen (secondary N) is 1. The van der Waals surface area contributed by atoms with Crippen molar-refractivity contribution in [3.8, 4) is 22.0 Å². The van der Waals surface area contributed by atoms with Gasteiger partial charge in [-0.05, 0) is 19.1 Å². The average molecular weight is 410 g/mol. The van der Waals surface area contributed by atoms with E-state index >= 15 is 0 Å². The van der Waals surface area contributed by atoms with Crippen LogP contribution in [-0.4, -0.2) is 59.4 Å². The normalized spacial score (nSPS) is 14.1. The van der Waals surface area contributed by atoms with Gasteiger partial charge in [0.25, 0.3) is 5.91 Å². The van der Waals surface area contributed by atoms with E-state index in [1.807, 2.05) is 43.3 Å². The summed E-state index contributed by atoms with van der Waals surface area (Å²) in [5.41, 5.74) is 1.56. The molecule has 1 aliphatic heterocycles. The van der Waals surface area contributed by atoms with Crippen LogP contribution in [0.3, 0.4) is 0 Å². The topological polar surface area (TPSA) is 78.7 Å². The molecule has 7 nitrogen and oxygen atoms in total. The highest BCUT2D eigenvalue weighted by molar-refractivity contribution is 7.17. The Morgan fingerprint density at radius 1 is 1.07 bits per heavy atom. The zero-order valence-electron chi connectivity index (χ0n) is 16.1. The predicted molar refractivity (Wildman–Crippen MR) is 112 cm³/mol. The minimum absolute atomic E-state index is 0.0605. The number of hydrogen-bond donors (Lipinski definition) is 1. The van der Waals surface area contributed by atoms with Gasteiger partial charge in [0.05, 0.1) is 12.0 Å². The third-order valence-electron chi connectivity index (χ3n) is 4.78. The van der Waals surface area contributed by atoms with Crippen LogP contribution >= 0.6 is 11.3 Å². The van der Waals surface area contributed by atoms with Gasteiger partial charge in [0.1, 0.15) is 4.88 Å². The van der Waals surface area contributed by atoms with E-state index in [1.165, 1.54) is 11.3 Å². The lowest BCUT2D eigenvalue weighted by atomic mass is 10.1. The van der Waals surface area contributed by atoms with E-state index in [-0.39, 0.29) is 11.9 Å². The van der Waals surface area contributed by atoms with Crippen molar-refractivity contribution >= 4 is 23.3 Å². The van der Waals surface area contributed by atoms with Gasteiger partial charge in [-0.1, -0.05) is 30.3 Å². The molecule has 0 unspecified atom stereocenters. The molecule has 1 saturated heterocycles. The van der Waals surface area contributed by atoms with Gasteiger partial charge in [-0.2, -0.15) is 0 Å². The van der Waals surface area contributed by atoms with Crippen molar-refractivity contribution in [2.75, 3.05) is 32.7 Å². The summed E-state index contributed by atoms with van der Waals surface area (Å²) in [4.78, 5) is 34.2. The first-order valence-corrected chi connectivity index (χ1v) is 10.4. The molecule has 0 aliphatic carbocycles. The molecule has 0 atom stereocenters. The Balaban J connectivity index is 1.59. The summed E-state index contributed by atoms with van der Waals surface area (Å²) in [6.07, 6.45) is 1.60. The molecule has 1 aromatic carbocycles. The van der Waals surface area contributed by atoms with Crippen molar-refractivity contribution in [1.82, 2.24) is 20.1 Å². The Morgan fingerprint density at radius 3 is 2.45 bits per heavy atom. The smallest absolute Gasteiger partial charge is 0.317 e. The molecule has 3 aromatic rings. The van der Waals surface area contributed by atoms with Crippen molar-refractivity contribution in [2.24, 2.45) is 0 Å². The highest BCUT2D eigenvalue weighted by Crippen LogP contribution is 2.35. The molecule has 0 spiro atoms. The third kappa shape index (κ3) is 4.02. The van der Waals surface area contributed by atoms with Gasteiger partial charge in [-0.25, -0.2) is 9.78 Å². The van der Waals surface area contributed by atoms with Gasteiger partial charge in [0.15, 0.2) is 10.8 Å².